The van der Waals surface area contributed by atoms with Crippen molar-refractivity contribution in [2.45, 2.75) is 213 Å². The lowest BCUT2D eigenvalue weighted by Gasteiger charge is -2.41. The van der Waals surface area contributed by atoms with Crippen LogP contribution in [0.4, 0.5) is 24.9 Å². The molecule has 1 aliphatic carbocycles. The third-order valence-electron chi connectivity index (χ3n) is 19.1. The van der Waals surface area contributed by atoms with Gasteiger partial charge in [0, 0.05) is 57.7 Å². The van der Waals surface area contributed by atoms with Crippen LogP contribution in [-0.2, 0) is 72.0 Å². The average molecular weight is 1440 g/mol. The Balaban J connectivity index is 1.18. The molecule has 2 bridgehead atoms. The molecular weight excluding hydrogens is 1330 g/mol. The number of thiazole rings is 1. The van der Waals surface area contributed by atoms with E-state index >= 15 is 4.79 Å². The molecule has 13 atom stereocenters. The van der Waals surface area contributed by atoms with Gasteiger partial charge in [0.05, 0.1) is 55.8 Å². The number of carbonyl (C=O) groups excluding carboxylic acids is 10. The highest BCUT2D eigenvalue weighted by atomic mass is 32.1. The fourth-order valence-electron chi connectivity index (χ4n) is 13.8. The zero-order valence-electron chi connectivity index (χ0n) is 61.2. The van der Waals surface area contributed by atoms with E-state index in [9.17, 15) is 43.2 Å². The van der Waals surface area contributed by atoms with Crippen LogP contribution in [0.1, 0.15) is 155 Å². The lowest BCUT2D eigenvalue weighted by molar-refractivity contribution is -0.148. The van der Waals surface area contributed by atoms with Gasteiger partial charge in [-0.2, -0.15) is 0 Å². The molecule has 558 valence electrons. The third kappa shape index (κ3) is 22.8. The minimum Gasteiger partial charge on any atom is -0.445 e. The second-order valence-corrected chi connectivity index (χ2v) is 29.2. The van der Waals surface area contributed by atoms with Crippen LogP contribution in [-0.4, -0.2) is 192 Å². The quantitative estimate of drug-likeness (QED) is 0.0171. The van der Waals surface area contributed by atoms with Crippen LogP contribution in [0, 0.1) is 54.3 Å². The van der Waals surface area contributed by atoms with E-state index in [2.05, 4.69) is 48.7 Å². The van der Waals surface area contributed by atoms with Gasteiger partial charge in [0.25, 0.3) is 0 Å². The molecule has 1 saturated carbocycles. The molecule has 2 aliphatic heterocycles. The van der Waals surface area contributed by atoms with E-state index in [1.807, 2.05) is 70.3 Å². The second kappa shape index (κ2) is 38.9. The van der Waals surface area contributed by atoms with E-state index in [-0.39, 0.29) is 86.9 Å². The summed E-state index contributed by atoms with van der Waals surface area (Å²) in [6.45, 7) is 17.1. The van der Waals surface area contributed by atoms with E-state index in [1.165, 1.54) is 40.4 Å². The first kappa shape index (κ1) is 82.0. The van der Waals surface area contributed by atoms with Crippen molar-refractivity contribution in [3.63, 3.8) is 0 Å². The van der Waals surface area contributed by atoms with Gasteiger partial charge in [-0.1, -0.05) is 103 Å². The number of aromatic nitrogens is 1. The van der Waals surface area contributed by atoms with Crippen molar-refractivity contribution in [1.82, 2.24) is 51.2 Å². The monoisotopic (exact) mass is 1430 g/mol. The number of rotatable bonds is 35. The number of ether oxygens (including phenoxy) is 5. The molecule has 0 radical (unpaired) electrons. The van der Waals surface area contributed by atoms with Crippen molar-refractivity contribution in [1.29, 1.82) is 0 Å². The number of anilines is 1. The molecule has 2 aromatic carbocycles. The molecule has 2 saturated heterocycles. The minimum atomic E-state index is -1.23. The molecule has 27 nitrogen and oxygen atoms in total. The van der Waals surface area contributed by atoms with Crippen molar-refractivity contribution in [2.24, 2.45) is 35.3 Å². The van der Waals surface area contributed by atoms with Gasteiger partial charge in [-0.05, 0) is 125 Å². The summed E-state index contributed by atoms with van der Waals surface area (Å²) >= 11 is 1.46. The molecule has 0 unspecified atom stereocenters. The van der Waals surface area contributed by atoms with Crippen LogP contribution in [0.25, 0.3) is 0 Å². The van der Waals surface area contributed by atoms with Gasteiger partial charge in [-0.15, -0.1) is 24.2 Å². The van der Waals surface area contributed by atoms with E-state index < -0.39 is 126 Å². The normalized spacial score (nSPS) is 18.9. The summed E-state index contributed by atoms with van der Waals surface area (Å²) in [5.74, 6) is -0.123. The van der Waals surface area contributed by atoms with Crippen LogP contribution in [0.2, 0.25) is 0 Å². The number of amides is 11. The lowest BCUT2D eigenvalue weighted by Crippen LogP contribution is -2.60. The topological polar surface area (TPSA) is 341 Å². The van der Waals surface area contributed by atoms with Gasteiger partial charge < -0.3 is 71.1 Å². The van der Waals surface area contributed by atoms with Gasteiger partial charge in [0.2, 0.25) is 35.4 Å². The number of piperidine rings is 1. The number of hydrogen-bond donors (Lipinski definition) is 7. The highest BCUT2D eigenvalue weighted by Gasteiger charge is 2.53. The molecule has 3 fully saturated rings. The van der Waals surface area contributed by atoms with Gasteiger partial charge >= 0.3 is 24.3 Å². The number of hydrogen-bond acceptors (Lipinski definition) is 17. The number of terminal acetylenes is 2. The largest absolute Gasteiger partial charge is 0.445 e. The number of urea groups is 1. The molecule has 28 heteroatoms. The Bertz CT molecular complexity index is 3430. The Morgan fingerprint density at radius 3 is 2.17 bits per heavy atom. The summed E-state index contributed by atoms with van der Waals surface area (Å²) in [5, 5.41) is 19.5. The number of alkyl carbamates (subject to hydrolysis) is 1. The van der Waals surface area contributed by atoms with Crippen molar-refractivity contribution < 1.29 is 71.6 Å². The Morgan fingerprint density at radius 1 is 0.833 bits per heavy atom. The average Bonchev–Trinajstić information content (AvgIpc) is 1.63. The second-order valence-electron chi connectivity index (χ2n) is 28.2. The fraction of sp³-hybridized carbons (Fsp3) is 0.608. The summed E-state index contributed by atoms with van der Waals surface area (Å²) in [6, 6.07) is 7.40. The Morgan fingerprint density at radius 2 is 1.55 bits per heavy atom. The Labute approximate surface area is 604 Å². The van der Waals surface area contributed by atoms with Crippen molar-refractivity contribution in [2.75, 3.05) is 52.8 Å². The molecule has 3 heterocycles. The maximum Gasteiger partial charge on any atom is 0.411 e. The number of benzene rings is 2. The predicted molar refractivity (Wildman–Crippen MR) is 384 cm³/mol. The Hall–Kier alpha value is -8.99. The number of nitrogens with two attached hydrogens (primary N) is 1. The number of nitrogens with zero attached hydrogens (tertiary/aromatic N) is 5. The van der Waals surface area contributed by atoms with E-state index in [4.69, 9.17) is 42.3 Å². The summed E-state index contributed by atoms with van der Waals surface area (Å²) in [7, 11) is 4.72. The first-order valence-corrected chi connectivity index (χ1v) is 36.0. The lowest BCUT2D eigenvalue weighted by atomic mass is 9.89. The number of carbonyl (C=O) groups is 10. The molecule has 6 rings (SSSR count). The zero-order chi connectivity index (χ0) is 75.1. The Kier molecular flexibility index (Phi) is 31.2. The van der Waals surface area contributed by atoms with Crippen molar-refractivity contribution in [3.8, 4) is 24.7 Å². The van der Waals surface area contributed by atoms with E-state index in [1.54, 1.807) is 70.8 Å². The number of nitrogens with one attached hydrogen (secondary N) is 6. The van der Waals surface area contributed by atoms with Gasteiger partial charge in [-0.3, -0.25) is 38.6 Å². The molecule has 3 aromatic rings. The first-order valence-electron chi connectivity index (χ1n) is 35.1. The maximum absolute atomic E-state index is 15.1. The standard InChI is InChI=1S/C74H106N12O15S/c1-16-34-84(72(95)99-36-17-2)42-51-39-52(78-65(89)54(26-22-32-77-70(75)93)79-66(90)59(44(4)5)82-71(94)101-74(10,11)12)30-28-50(51)43-100-73(96)86-53-31-29-49(40-53)62(86)67(91)81-60(45(6)7)69(92)83(13)61(46(8)18-3)57(97-14)41-58(87)85-35-23-27-56(85)63(98-15)47(9)64(88)80-55(68-76-33-37-102-68)38-48-24-20-19-21-25-48/h1-2,19-21,24-25,28,30,33,37,39,44-47,49,53-57,59-63H,18,22-23,26-27,29,31-32,34-36,38,40-43H2,3-15H3,(H,78,89)(H,79,90)(H,80,88)(H,81,91)(H,82,94)(H3,75,77,93)/t46-,47+,49-,53+,54-,55-,56-,57+,59-,60-,61-,62-,63+/m0/s1. The number of likely N-dealkylation sites (tertiary alicyclic amines) is 2. The summed E-state index contributed by atoms with van der Waals surface area (Å²) in [4.78, 5) is 150. The van der Waals surface area contributed by atoms with Gasteiger partial charge in [-0.25, -0.2) is 24.2 Å². The summed E-state index contributed by atoms with van der Waals surface area (Å²) in [6.07, 6.45) is 13.2. The van der Waals surface area contributed by atoms with Crippen LogP contribution >= 0.6 is 11.3 Å². The first-order chi connectivity index (χ1) is 48.4. The summed E-state index contributed by atoms with van der Waals surface area (Å²) in [5.41, 5.74) is 6.34. The molecule has 1 aromatic heterocycles. The smallest absolute Gasteiger partial charge is 0.411 e. The van der Waals surface area contributed by atoms with Crippen molar-refractivity contribution in [3.05, 3.63) is 81.8 Å². The summed E-state index contributed by atoms with van der Waals surface area (Å²) < 4.78 is 29.0. The third-order valence-corrected chi connectivity index (χ3v) is 20.0. The minimum absolute atomic E-state index is 0.00197. The molecule has 0 spiro atoms. The van der Waals surface area contributed by atoms with Crippen LogP contribution in [0.3, 0.4) is 0 Å². The molecule has 8 N–H and O–H groups in total. The molecule has 102 heavy (non-hydrogen) atoms. The number of likely N-dealkylation sites (N-methyl/N-ethyl adjacent to an activating group) is 1. The fourth-order valence-corrected chi connectivity index (χ4v) is 14.5. The number of fused-ring (bicyclic) bond motifs is 2. The molecule has 11 amide bonds. The maximum atomic E-state index is 15.1. The zero-order valence-corrected chi connectivity index (χ0v) is 62.1. The van der Waals surface area contributed by atoms with Crippen LogP contribution in [0.15, 0.2) is 60.1 Å². The SMILES string of the molecule is C#CCOC(=O)N(CC#C)Cc1cc(NC(=O)[C@H](CCCNC(N)=O)NC(=O)[C@@H](NC(=O)OC(C)(C)C)C(C)C)ccc1COC(=O)N1[C@@H]2CC[C@@H](C2)[C@H]1C(=O)N[C@H](C(=O)N(C)[C@@H]([C@@H](C)CC)[C@@H](CC(=O)N1CCC[C@H]1[C@H](OC)[C@@H](C)C(=O)N[C@@H](Cc1ccccc1)c1nccs1)OC)C(C)C. The number of methoxy groups -OCH3 is 2. The van der Waals surface area contributed by atoms with Crippen molar-refractivity contribution >= 4 is 76.8 Å². The van der Waals surface area contributed by atoms with Crippen LogP contribution < -0.4 is 37.6 Å². The number of primary amides is 1. The van der Waals surface area contributed by atoms with Crippen LogP contribution in [0.5, 0.6) is 0 Å². The predicted octanol–water partition coefficient (Wildman–Crippen LogP) is 7.42. The highest BCUT2D eigenvalue weighted by Crippen LogP contribution is 2.43. The molecule has 3 aliphatic rings. The van der Waals surface area contributed by atoms with Gasteiger partial charge in [0.1, 0.15) is 41.4 Å². The molecular formula is C74H106N12O15S. The van der Waals surface area contributed by atoms with E-state index in [0.717, 1.165) is 10.6 Å². The van der Waals surface area contributed by atoms with E-state index in [0.29, 0.717) is 62.6 Å². The highest BCUT2D eigenvalue weighted by molar-refractivity contribution is 7.09. The van der Waals surface area contributed by atoms with Gasteiger partial charge in [0.15, 0.2) is 6.61 Å².